The van der Waals surface area contributed by atoms with Gasteiger partial charge in [0.15, 0.2) is 0 Å². The van der Waals surface area contributed by atoms with E-state index >= 15 is 0 Å². The Bertz CT molecular complexity index is 659. The number of aliphatic hydroxyl groups is 1. The van der Waals surface area contributed by atoms with Gasteiger partial charge in [-0.25, -0.2) is 0 Å². The van der Waals surface area contributed by atoms with Gasteiger partial charge in [-0.3, -0.25) is 14.5 Å². The largest absolute Gasteiger partial charge is 0.394 e. The van der Waals surface area contributed by atoms with E-state index in [2.05, 4.69) is 59.2 Å². The van der Waals surface area contributed by atoms with Crippen molar-refractivity contribution in [2.45, 2.75) is 33.5 Å². The molecule has 24 heavy (non-hydrogen) atoms. The van der Waals surface area contributed by atoms with Crippen LogP contribution in [0.25, 0.3) is 0 Å². The molecule has 1 aliphatic rings. The number of piperazine rings is 1. The van der Waals surface area contributed by atoms with Gasteiger partial charge in [-0.2, -0.15) is 5.10 Å². The van der Waals surface area contributed by atoms with Gasteiger partial charge in [0.2, 0.25) is 0 Å². The molecule has 0 radical (unpaired) electrons. The molecule has 0 unspecified atom stereocenters. The minimum atomic E-state index is 0.137. The van der Waals surface area contributed by atoms with Gasteiger partial charge in [-0.15, -0.1) is 0 Å². The van der Waals surface area contributed by atoms with E-state index in [1.54, 1.807) is 0 Å². The number of rotatable bonds is 6. The number of aromatic nitrogens is 2. The molecule has 0 amide bonds. The summed E-state index contributed by atoms with van der Waals surface area (Å²) in [6.45, 7) is 11.3. The van der Waals surface area contributed by atoms with Gasteiger partial charge in [0.1, 0.15) is 0 Å². The first-order valence-electron chi connectivity index (χ1n) is 8.78. The van der Waals surface area contributed by atoms with Crippen LogP contribution in [0.15, 0.2) is 30.5 Å². The van der Waals surface area contributed by atoms with Crippen LogP contribution >= 0.6 is 0 Å². The fourth-order valence-electron chi connectivity index (χ4n) is 3.35. The van der Waals surface area contributed by atoms with E-state index in [-0.39, 0.29) is 6.61 Å². The molecule has 0 aliphatic carbocycles. The van der Waals surface area contributed by atoms with Gasteiger partial charge >= 0.3 is 0 Å². The third-order valence-corrected chi connectivity index (χ3v) is 4.72. The van der Waals surface area contributed by atoms with E-state index in [0.29, 0.717) is 6.54 Å². The molecular weight excluding hydrogens is 300 g/mol. The zero-order valence-corrected chi connectivity index (χ0v) is 14.8. The van der Waals surface area contributed by atoms with Gasteiger partial charge in [-0.1, -0.05) is 29.8 Å². The maximum absolute atomic E-state index is 9.03. The summed E-state index contributed by atoms with van der Waals surface area (Å²) in [5.74, 6) is 0. The highest BCUT2D eigenvalue weighted by molar-refractivity contribution is 5.22. The van der Waals surface area contributed by atoms with Crippen molar-refractivity contribution in [1.29, 1.82) is 0 Å². The van der Waals surface area contributed by atoms with E-state index in [0.717, 1.165) is 45.0 Å². The second-order valence-electron chi connectivity index (χ2n) is 6.77. The van der Waals surface area contributed by atoms with Crippen molar-refractivity contribution in [3.63, 3.8) is 0 Å². The van der Waals surface area contributed by atoms with E-state index in [1.807, 2.05) is 4.68 Å². The summed E-state index contributed by atoms with van der Waals surface area (Å²) in [7, 11) is 0. The molecule has 1 N–H and O–H groups in total. The molecule has 1 aliphatic heterocycles. The summed E-state index contributed by atoms with van der Waals surface area (Å²) in [5, 5.41) is 13.5. The SMILES string of the molecule is Cc1cccc(CN2CCN(Cc3cn(CCO)nc3C)CC2)c1. The minimum absolute atomic E-state index is 0.137. The molecule has 2 aromatic rings. The van der Waals surface area contributed by atoms with E-state index in [1.165, 1.54) is 16.7 Å². The summed E-state index contributed by atoms with van der Waals surface area (Å²) >= 11 is 0. The maximum Gasteiger partial charge on any atom is 0.0641 e. The Kier molecular flexibility index (Phi) is 5.66. The molecule has 1 fully saturated rings. The fourth-order valence-corrected chi connectivity index (χ4v) is 3.35. The van der Waals surface area contributed by atoms with Gasteiger partial charge in [0.05, 0.1) is 18.8 Å². The molecule has 3 rings (SSSR count). The lowest BCUT2D eigenvalue weighted by atomic mass is 10.1. The smallest absolute Gasteiger partial charge is 0.0641 e. The van der Waals surface area contributed by atoms with E-state index in [4.69, 9.17) is 5.11 Å². The molecular formula is C19H28N4O. The first-order chi connectivity index (χ1) is 11.6. The van der Waals surface area contributed by atoms with Gasteiger partial charge in [-0.05, 0) is 19.4 Å². The first-order valence-corrected chi connectivity index (χ1v) is 8.78. The molecule has 1 aromatic carbocycles. The van der Waals surface area contributed by atoms with Crippen LogP contribution in [0.1, 0.15) is 22.4 Å². The molecule has 0 bridgehead atoms. The van der Waals surface area contributed by atoms with Crippen molar-refractivity contribution in [3.8, 4) is 0 Å². The predicted molar refractivity (Wildman–Crippen MR) is 95.8 cm³/mol. The summed E-state index contributed by atoms with van der Waals surface area (Å²) < 4.78 is 1.85. The third kappa shape index (κ3) is 4.44. The number of aliphatic hydroxyl groups excluding tert-OH is 1. The van der Waals surface area contributed by atoms with Crippen molar-refractivity contribution in [2.75, 3.05) is 32.8 Å². The van der Waals surface area contributed by atoms with Crippen LogP contribution in [0.2, 0.25) is 0 Å². The van der Waals surface area contributed by atoms with Gasteiger partial charge in [0, 0.05) is 51.0 Å². The van der Waals surface area contributed by atoms with E-state index < -0.39 is 0 Å². The van der Waals surface area contributed by atoms with Crippen LogP contribution < -0.4 is 0 Å². The fraction of sp³-hybridized carbons (Fsp3) is 0.526. The summed E-state index contributed by atoms with van der Waals surface area (Å²) in [5.41, 5.74) is 5.09. The van der Waals surface area contributed by atoms with Crippen molar-refractivity contribution >= 4 is 0 Å². The van der Waals surface area contributed by atoms with Crippen molar-refractivity contribution in [1.82, 2.24) is 19.6 Å². The average molecular weight is 328 g/mol. The number of nitrogens with zero attached hydrogens (tertiary/aromatic N) is 4. The lowest BCUT2D eigenvalue weighted by Crippen LogP contribution is -2.45. The zero-order valence-electron chi connectivity index (χ0n) is 14.8. The Labute approximate surface area is 144 Å². The molecule has 1 saturated heterocycles. The van der Waals surface area contributed by atoms with Crippen LogP contribution in [0, 0.1) is 13.8 Å². The van der Waals surface area contributed by atoms with Crippen molar-refractivity contribution < 1.29 is 5.11 Å². The average Bonchev–Trinajstić information content (AvgIpc) is 2.89. The third-order valence-electron chi connectivity index (χ3n) is 4.72. The standard InChI is InChI=1S/C19H28N4O/c1-16-4-3-5-18(12-16)13-21-6-8-22(9-7-21)14-19-15-23(10-11-24)20-17(19)2/h3-5,12,15,24H,6-11,13-14H2,1-2H3. The Morgan fingerprint density at radius 2 is 1.75 bits per heavy atom. The molecule has 5 heteroatoms. The monoisotopic (exact) mass is 328 g/mol. The number of aryl methyl sites for hydroxylation is 2. The number of hydrogen-bond donors (Lipinski definition) is 1. The van der Waals surface area contributed by atoms with Crippen molar-refractivity contribution in [3.05, 3.63) is 52.8 Å². The van der Waals surface area contributed by atoms with Gasteiger partial charge < -0.3 is 5.11 Å². The Balaban J connectivity index is 1.50. The predicted octanol–water partition coefficient (Wildman–Crippen LogP) is 1.81. The van der Waals surface area contributed by atoms with Crippen LogP contribution in [0.4, 0.5) is 0 Å². The Hall–Kier alpha value is -1.69. The van der Waals surface area contributed by atoms with Crippen molar-refractivity contribution in [2.24, 2.45) is 0 Å². The highest BCUT2D eigenvalue weighted by Gasteiger charge is 2.18. The minimum Gasteiger partial charge on any atom is -0.394 e. The molecule has 2 heterocycles. The lowest BCUT2D eigenvalue weighted by molar-refractivity contribution is 0.122. The topological polar surface area (TPSA) is 44.5 Å². The quantitative estimate of drug-likeness (QED) is 0.878. The summed E-state index contributed by atoms with van der Waals surface area (Å²) in [6, 6.07) is 8.80. The lowest BCUT2D eigenvalue weighted by Gasteiger charge is -2.34. The molecule has 0 atom stereocenters. The van der Waals surface area contributed by atoms with Crippen LogP contribution in [-0.4, -0.2) is 57.5 Å². The van der Waals surface area contributed by atoms with E-state index in [9.17, 15) is 0 Å². The molecule has 0 spiro atoms. The molecule has 5 nitrogen and oxygen atoms in total. The Morgan fingerprint density at radius 1 is 1.04 bits per heavy atom. The Morgan fingerprint density at radius 3 is 2.42 bits per heavy atom. The number of benzene rings is 1. The molecule has 0 saturated carbocycles. The zero-order chi connectivity index (χ0) is 16.9. The normalized spacial score (nSPS) is 16.6. The summed E-state index contributed by atoms with van der Waals surface area (Å²) in [6.07, 6.45) is 2.07. The second-order valence-corrected chi connectivity index (χ2v) is 6.77. The highest BCUT2D eigenvalue weighted by atomic mass is 16.3. The van der Waals surface area contributed by atoms with Gasteiger partial charge in [0.25, 0.3) is 0 Å². The first kappa shape index (κ1) is 17.1. The number of hydrogen-bond acceptors (Lipinski definition) is 4. The maximum atomic E-state index is 9.03. The molecule has 1 aromatic heterocycles. The van der Waals surface area contributed by atoms with Crippen LogP contribution in [0.3, 0.4) is 0 Å². The van der Waals surface area contributed by atoms with Crippen LogP contribution in [0.5, 0.6) is 0 Å². The summed E-state index contributed by atoms with van der Waals surface area (Å²) in [4.78, 5) is 5.04. The van der Waals surface area contributed by atoms with Crippen LogP contribution in [-0.2, 0) is 19.6 Å². The molecule has 130 valence electrons. The second kappa shape index (κ2) is 7.92. The highest BCUT2D eigenvalue weighted by Crippen LogP contribution is 2.14.